The summed E-state index contributed by atoms with van der Waals surface area (Å²) in [6.07, 6.45) is 4.00. The van der Waals surface area contributed by atoms with E-state index in [1.807, 2.05) is 18.2 Å². The maximum atomic E-state index is 12.3. The molecular formula is C14H18N4O. The first-order valence-corrected chi connectivity index (χ1v) is 6.71. The van der Waals surface area contributed by atoms with Gasteiger partial charge >= 0.3 is 0 Å². The molecule has 19 heavy (non-hydrogen) atoms. The van der Waals surface area contributed by atoms with Crippen molar-refractivity contribution in [3.63, 3.8) is 0 Å². The van der Waals surface area contributed by atoms with E-state index in [1.165, 1.54) is 0 Å². The number of nitrogens with zero attached hydrogens (tertiary/aromatic N) is 1. The van der Waals surface area contributed by atoms with Crippen molar-refractivity contribution in [1.82, 2.24) is 15.5 Å². The number of carbonyl (C=O) groups is 1. The van der Waals surface area contributed by atoms with E-state index in [0.717, 1.165) is 36.0 Å². The number of piperidine rings is 1. The molecule has 2 heterocycles. The van der Waals surface area contributed by atoms with Crippen LogP contribution in [0, 0.1) is 5.92 Å². The molecule has 3 N–H and O–H groups in total. The molecule has 1 aliphatic rings. The van der Waals surface area contributed by atoms with Crippen LogP contribution in [-0.4, -0.2) is 28.7 Å². The number of hydrogen-bond donors (Lipinski definition) is 3. The number of amides is 1. The Morgan fingerprint density at radius 2 is 2.37 bits per heavy atom. The maximum Gasteiger partial charge on any atom is 0.241 e. The summed E-state index contributed by atoms with van der Waals surface area (Å²) in [5, 5.41) is 14.1. The van der Waals surface area contributed by atoms with E-state index < -0.39 is 0 Å². The Bertz CT molecular complexity index is 592. The van der Waals surface area contributed by atoms with Crippen molar-refractivity contribution in [2.24, 2.45) is 5.92 Å². The van der Waals surface area contributed by atoms with Gasteiger partial charge < -0.3 is 10.6 Å². The van der Waals surface area contributed by atoms with E-state index in [0.29, 0.717) is 5.92 Å². The second-order valence-electron chi connectivity index (χ2n) is 5.21. The molecule has 1 fully saturated rings. The average molecular weight is 258 g/mol. The number of fused-ring (bicyclic) bond motifs is 1. The van der Waals surface area contributed by atoms with Crippen LogP contribution in [0.2, 0.25) is 0 Å². The Hall–Kier alpha value is -1.88. The largest absolute Gasteiger partial charge is 0.325 e. The molecule has 1 amide bonds. The van der Waals surface area contributed by atoms with Crippen molar-refractivity contribution >= 4 is 22.5 Å². The van der Waals surface area contributed by atoms with E-state index in [4.69, 9.17) is 0 Å². The molecule has 5 heteroatoms. The van der Waals surface area contributed by atoms with Gasteiger partial charge in [-0.2, -0.15) is 5.10 Å². The van der Waals surface area contributed by atoms with Gasteiger partial charge in [0.2, 0.25) is 5.91 Å². The Morgan fingerprint density at radius 1 is 1.47 bits per heavy atom. The summed E-state index contributed by atoms with van der Waals surface area (Å²) in [6, 6.07) is 5.67. The van der Waals surface area contributed by atoms with Crippen molar-refractivity contribution in [1.29, 1.82) is 0 Å². The fourth-order valence-electron chi connectivity index (χ4n) is 2.64. The fourth-order valence-corrected chi connectivity index (χ4v) is 2.64. The smallest absolute Gasteiger partial charge is 0.241 e. The molecule has 0 spiro atoms. The van der Waals surface area contributed by atoms with Crippen LogP contribution in [0.3, 0.4) is 0 Å². The number of aromatic nitrogens is 2. The molecule has 5 nitrogen and oxygen atoms in total. The summed E-state index contributed by atoms with van der Waals surface area (Å²) < 4.78 is 0. The summed E-state index contributed by atoms with van der Waals surface area (Å²) in [6.45, 7) is 3.04. The highest BCUT2D eigenvalue weighted by atomic mass is 16.2. The fraction of sp³-hybridized carbons (Fsp3) is 0.429. The topological polar surface area (TPSA) is 69.8 Å². The minimum atomic E-state index is -0.0891. The summed E-state index contributed by atoms with van der Waals surface area (Å²) >= 11 is 0. The summed E-state index contributed by atoms with van der Waals surface area (Å²) in [7, 11) is 0. The minimum Gasteiger partial charge on any atom is -0.325 e. The van der Waals surface area contributed by atoms with Crippen LogP contribution >= 0.6 is 0 Å². The van der Waals surface area contributed by atoms with Crippen LogP contribution in [0.15, 0.2) is 24.4 Å². The van der Waals surface area contributed by atoms with Gasteiger partial charge in [0, 0.05) is 11.1 Å². The number of anilines is 1. The number of carbonyl (C=O) groups excluding carboxylic acids is 1. The van der Waals surface area contributed by atoms with Crippen LogP contribution in [0.1, 0.15) is 19.8 Å². The third-order valence-corrected chi connectivity index (χ3v) is 3.76. The molecule has 2 atom stereocenters. The van der Waals surface area contributed by atoms with Gasteiger partial charge in [-0.05, 0) is 43.5 Å². The molecule has 3 rings (SSSR count). The summed E-state index contributed by atoms with van der Waals surface area (Å²) in [4.78, 5) is 12.3. The summed E-state index contributed by atoms with van der Waals surface area (Å²) in [5.74, 6) is 0.432. The molecule has 1 aromatic heterocycles. The first-order chi connectivity index (χ1) is 9.24. The van der Waals surface area contributed by atoms with Gasteiger partial charge in [-0.3, -0.25) is 9.89 Å². The predicted octanol–water partition coefficient (Wildman–Crippen LogP) is 1.89. The highest BCUT2D eigenvalue weighted by Gasteiger charge is 2.27. The molecule has 0 aliphatic carbocycles. The Kier molecular flexibility index (Phi) is 3.21. The molecule has 1 aromatic carbocycles. The second-order valence-corrected chi connectivity index (χ2v) is 5.21. The molecule has 1 aliphatic heterocycles. The minimum absolute atomic E-state index is 0.0510. The third kappa shape index (κ3) is 2.46. The molecular weight excluding hydrogens is 240 g/mol. The first kappa shape index (κ1) is 12.2. The zero-order valence-corrected chi connectivity index (χ0v) is 10.9. The third-order valence-electron chi connectivity index (χ3n) is 3.76. The standard InChI is InChI=1S/C14H18N4O/c1-9-3-2-6-15-13(9)14(19)17-11-4-5-12-10(7-11)8-16-18-12/h4-5,7-9,13,15H,2-3,6H2,1H3,(H,16,18)(H,17,19). The quantitative estimate of drug-likeness (QED) is 0.770. The SMILES string of the molecule is CC1CCCNC1C(=O)Nc1ccc2[nH]ncc2c1. The molecule has 100 valence electrons. The van der Waals surface area contributed by atoms with Crippen molar-refractivity contribution in [3.05, 3.63) is 24.4 Å². The van der Waals surface area contributed by atoms with Crippen molar-refractivity contribution in [3.8, 4) is 0 Å². The van der Waals surface area contributed by atoms with E-state index >= 15 is 0 Å². The number of nitrogens with one attached hydrogen (secondary N) is 3. The van der Waals surface area contributed by atoms with Gasteiger partial charge in [0.15, 0.2) is 0 Å². The van der Waals surface area contributed by atoms with E-state index in [-0.39, 0.29) is 11.9 Å². The number of aromatic amines is 1. The lowest BCUT2D eigenvalue weighted by Crippen LogP contribution is -2.48. The van der Waals surface area contributed by atoms with Crippen LogP contribution in [0.5, 0.6) is 0 Å². The second kappa shape index (κ2) is 5.01. The van der Waals surface area contributed by atoms with Crippen LogP contribution < -0.4 is 10.6 Å². The van der Waals surface area contributed by atoms with Gasteiger partial charge in [0.1, 0.15) is 0 Å². The van der Waals surface area contributed by atoms with Crippen molar-refractivity contribution in [2.45, 2.75) is 25.8 Å². The van der Waals surface area contributed by atoms with E-state index in [1.54, 1.807) is 6.20 Å². The van der Waals surface area contributed by atoms with Crippen LogP contribution in [0.25, 0.3) is 10.9 Å². The van der Waals surface area contributed by atoms with Gasteiger partial charge in [-0.25, -0.2) is 0 Å². The van der Waals surface area contributed by atoms with Gasteiger partial charge in [0.05, 0.1) is 17.8 Å². The Labute approximate surface area is 111 Å². The van der Waals surface area contributed by atoms with E-state index in [9.17, 15) is 4.79 Å². The summed E-state index contributed by atoms with van der Waals surface area (Å²) in [5.41, 5.74) is 1.79. The van der Waals surface area contributed by atoms with Crippen LogP contribution in [-0.2, 0) is 4.79 Å². The number of rotatable bonds is 2. The Balaban J connectivity index is 1.74. The molecule has 2 unspecified atom stereocenters. The molecule has 0 radical (unpaired) electrons. The van der Waals surface area contributed by atoms with Gasteiger partial charge in [-0.15, -0.1) is 0 Å². The molecule has 2 aromatic rings. The zero-order valence-electron chi connectivity index (χ0n) is 10.9. The average Bonchev–Trinajstić information content (AvgIpc) is 2.86. The lowest BCUT2D eigenvalue weighted by Gasteiger charge is -2.28. The maximum absolute atomic E-state index is 12.3. The zero-order chi connectivity index (χ0) is 13.2. The first-order valence-electron chi connectivity index (χ1n) is 6.71. The van der Waals surface area contributed by atoms with Crippen molar-refractivity contribution in [2.75, 3.05) is 11.9 Å². The molecule has 1 saturated heterocycles. The normalized spacial score (nSPS) is 23.4. The number of H-pyrrole nitrogens is 1. The lowest BCUT2D eigenvalue weighted by molar-refractivity contribution is -0.119. The highest BCUT2D eigenvalue weighted by molar-refractivity contribution is 5.97. The molecule has 0 bridgehead atoms. The van der Waals surface area contributed by atoms with E-state index in [2.05, 4.69) is 27.8 Å². The Morgan fingerprint density at radius 3 is 3.21 bits per heavy atom. The predicted molar refractivity (Wildman–Crippen MR) is 74.9 cm³/mol. The lowest BCUT2D eigenvalue weighted by atomic mass is 9.92. The van der Waals surface area contributed by atoms with Gasteiger partial charge in [0.25, 0.3) is 0 Å². The highest BCUT2D eigenvalue weighted by Crippen LogP contribution is 2.20. The monoisotopic (exact) mass is 258 g/mol. The number of hydrogen-bond acceptors (Lipinski definition) is 3. The number of benzene rings is 1. The van der Waals surface area contributed by atoms with Gasteiger partial charge in [-0.1, -0.05) is 6.92 Å². The van der Waals surface area contributed by atoms with Crippen molar-refractivity contribution < 1.29 is 4.79 Å². The molecule has 0 saturated carbocycles. The van der Waals surface area contributed by atoms with Crippen LogP contribution in [0.4, 0.5) is 5.69 Å².